The Morgan fingerprint density at radius 3 is 2.46 bits per heavy atom. The molecule has 3 fully saturated rings. The lowest BCUT2D eigenvalue weighted by Crippen LogP contribution is -2.72. The molecule has 0 aromatic heterocycles. The molecule has 8 nitrogen and oxygen atoms in total. The summed E-state index contributed by atoms with van der Waals surface area (Å²) in [6, 6.07) is 0. The van der Waals surface area contributed by atoms with Crippen LogP contribution in [0.3, 0.4) is 0 Å². The third-order valence-electron chi connectivity index (χ3n) is 11.8. The number of carbonyl (C=O) groups excluding carboxylic acids is 2. The minimum Gasteiger partial charge on any atom is -0.507 e. The lowest BCUT2D eigenvalue weighted by molar-refractivity contribution is -0.171. The van der Waals surface area contributed by atoms with E-state index in [1.165, 1.54) is 13.0 Å². The fourth-order valence-corrected chi connectivity index (χ4v) is 9.66. The molecule has 2 saturated carbocycles. The van der Waals surface area contributed by atoms with Crippen LogP contribution in [0.15, 0.2) is 47.1 Å². The van der Waals surface area contributed by atoms with Crippen molar-refractivity contribution in [1.82, 2.24) is 0 Å². The fourth-order valence-electron chi connectivity index (χ4n) is 9.66. The molecule has 2 N–H and O–H groups in total. The molecule has 7 aliphatic rings. The van der Waals surface area contributed by atoms with Crippen molar-refractivity contribution in [3.05, 3.63) is 63.8 Å². The Morgan fingerprint density at radius 1 is 1.09 bits per heavy atom. The minimum absolute atomic E-state index is 0.0580. The first-order chi connectivity index (χ1) is 21.5. The molecule has 8 heteroatoms. The van der Waals surface area contributed by atoms with Gasteiger partial charge in [-0.25, -0.2) is 4.79 Å². The molecule has 6 bridgehead atoms. The molecule has 1 aromatic carbocycles. The van der Waals surface area contributed by atoms with Gasteiger partial charge in [-0.1, -0.05) is 36.0 Å². The summed E-state index contributed by atoms with van der Waals surface area (Å²) in [5, 5.41) is 21.8. The van der Waals surface area contributed by atoms with Crippen molar-refractivity contribution in [3.8, 4) is 17.2 Å². The van der Waals surface area contributed by atoms with Gasteiger partial charge in [0.1, 0.15) is 28.4 Å². The van der Waals surface area contributed by atoms with Crippen LogP contribution in [0, 0.1) is 17.8 Å². The number of hydrogen-bond acceptors (Lipinski definition) is 7. The normalized spacial score (nSPS) is 36.1. The number of phenols is 1. The maximum absolute atomic E-state index is 15.0. The van der Waals surface area contributed by atoms with Crippen LogP contribution < -0.4 is 9.47 Å². The van der Waals surface area contributed by atoms with Gasteiger partial charge in [0.15, 0.2) is 22.8 Å². The van der Waals surface area contributed by atoms with Crippen molar-refractivity contribution < 1.29 is 38.8 Å². The van der Waals surface area contributed by atoms with Crippen LogP contribution >= 0.6 is 0 Å². The van der Waals surface area contributed by atoms with Crippen molar-refractivity contribution >= 4 is 17.5 Å². The number of benzene rings is 1. The average molecular weight is 629 g/mol. The van der Waals surface area contributed by atoms with E-state index in [0.717, 1.165) is 24.0 Å². The third-order valence-corrected chi connectivity index (χ3v) is 11.8. The van der Waals surface area contributed by atoms with Gasteiger partial charge in [-0.3, -0.25) is 9.59 Å². The first kappa shape index (κ1) is 31.0. The molecule has 46 heavy (non-hydrogen) atoms. The Kier molecular flexibility index (Phi) is 6.53. The van der Waals surface area contributed by atoms with Crippen molar-refractivity contribution in [2.24, 2.45) is 17.8 Å². The molecule has 1 aromatic rings. The van der Waals surface area contributed by atoms with Crippen LogP contribution in [-0.2, 0) is 20.7 Å². The number of rotatable bonds is 6. The predicted octanol–water partition coefficient (Wildman–Crippen LogP) is 6.94. The number of phenolic OH excluding ortho intramolecular Hbond substituents is 1. The lowest BCUT2D eigenvalue weighted by atomic mass is 9.51. The van der Waals surface area contributed by atoms with E-state index in [2.05, 4.69) is 19.6 Å². The van der Waals surface area contributed by atoms with E-state index in [4.69, 9.17) is 14.2 Å². The fraction of sp³-hybridized carbons (Fsp3) is 0.553. The Hall–Kier alpha value is -3.65. The van der Waals surface area contributed by atoms with Gasteiger partial charge in [0, 0.05) is 46.4 Å². The molecule has 4 aliphatic carbocycles. The van der Waals surface area contributed by atoms with Crippen molar-refractivity contribution in [2.75, 3.05) is 0 Å². The molecule has 7 atom stereocenters. The first-order valence-corrected chi connectivity index (χ1v) is 16.5. The molecule has 1 spiro atoms. The zero-order chi connectivity index (χ0) is 33.3. The molecule has 0 radical (unpaired) electrons. The van der Waals surface area contributed by atoms with E-state index in [1.807, 2.05) is 34.6 Å². The highest BCUT2D eigenvalue weighted by molar-refractivity contribution is 6.18. The first-order valence-electron chi connectivity index (χ1n) is 16.5. The maximum atomic E-state index is 15.0. The summed E-state index contributed by atoms with van der Waals surface area (Å²) in [5.74, 6) is -1.93. The third kappa shape index (κ3) is 3.85. The van der Waals surface area contributed by atoms with Gasteiger partial charge < -0.3 is 24.4 Å². The topological polar surface area (TPSA) is 119 Å². The smallest absolute Gasteiger partial charge is 0.330 e. The van der Waals surface area contributed by atoms with Crippen molar-refractivity contribution in [2.45, 2.75) is 115 Å². The maximum Gasteiger partial charge on any atom is 0.330 e. The predicted molar refractivity (Wildman–Crippen MR) is 171 cm³/mol. The number of Topliss-reactive ketones (excluding diaryl/α,β-unsaturated/α-hetero) is 2. The molecule has 1 saturated heterocycles. The number of aromatic hydroxyl groups is 1. The number of allylic oxidation sites excluding steroid dienone is 4. The number of ether oxygens (including phenoxy) is 3. The molecule has 3 aliphatic heterocycles. The highest BCUT2D eigenvalue weighted by atomic mass is 16.6. The molecular weight excluding hydrogens is 584 g/mol. The van der Waals surface area contributed by atoms with E-state index in [0.29, 0.717) is 41.7 Å². The van der Waals surface area contributed by atoms with Crippen LogP contribution in [0.5, 0.6) is 17.2 Å². The summed E-state index contributed by atoms with van der Waals surface area (Å²) >= 11 is 0. The second-order valence-electron chi connectivity index (χ2n) is 15.5. The van der Waals surface area contributed by atoms with Crippen LogP contribution in [0.2, 0.25) is 0 Å². The molecule has 3 heterocycles. The molecule has 0 amide bonds. The lowest BCUT2D eigenvalue weighted by Gasteiger charge is -2.56. The molecule has 8 rings (SSSR count). The van der Waals surface area contributed by atoms with Crippen LogP contribution in [-0.4, -0.2) is 50.2 Å². The average Bonchev–Trinajstić information content (AvgIpc) is 3.11. The van der Waals surface area contributed by atoms with Crippen molar-refractivity contribution in [3.63, 3.8) is 0 Å². The largest absolute Gasteiger partial charge is 0.507 e. The number of carboxylic acids is 1. The van der Waals surface area contributed by atoms with E-state index in [-0.39, 0.29) is 58.4 Å². The monoisotopic (exact) mass is 628 g/mol. The summed E-state index contributed by atoms with van der Waals surface area (Å²) in [7, 11) is 0. The van der Waals surface area contributed by atoms with E-state index >= 15 is 0 Å². The van der Waals surface area contributed by atoms with Crippen LogP contribution in [0.1, 0.15) is 108 Å². The van der Waals surface area contributed by atoms with E-state index in [1.54, 1.807) is 6.08 Å². The quantitative estimate of drug-likeness (QED) is 0.257. The zero-order valence-electron chi connectivity index (χ0n) is 27.8. The Labute approximate surface area is 270 Å². The van der Waals surface area contributed by atoms with Crippen LogP contribution in [0.25, 0.3) is 0 Å². The minimum atomic E-state index is -1.62. The second-order valence-corrected chi connectivity index (χ2v) is 15.5. The zero-order valence-corrected chi connectivity index (χ0v) is 27.8. The van der Waals surface area contributed by atoms with Gasteiger partial charge in [-0.2, -0.15) is 0 Å². The Bertz CT molecular complexity index is 1740. The highest BCUT2D eigenvalue weighted by Gasteiger charge is 2.81. The summed E-state index contributed by atoms with van der Waals surface area (Å²) < 4.78 is 20.8. The number of hydrogen-bond donors (Lipinski definition) is 2. The van der Waals surface area contributed by atoms with E-state index < -0.39 is 34.3 Å². The SMILES string of the molecule is C=C(C)[C@H]1CC[C@@]2(C)C[C@H]1c1c(O)c3c(c(CC=C(C)C)c1O2)O[C@]12C(=C[C@@H]4C[C@H]1C(C)(C)O[C@@]2(C/C=C(/C)C(=O)O)C4=O)C3=O. The number of carbonyl (C=O) groups is 3. The molecule has 244 valence electrons. The Morgan fingerprint density at radius 2 is 1.80 bits per heavy atom. The summed E-state index contributed by atoms with van der Waals surface area (Å²) in [6.07, 6.45) is 8.47. The van der Waals surface area contributed by atoms with Gasteiger partial charge in [0.2, 0.25) is 0 Å². The highest BCUT2D eigenvalue weighted by Crippen LogP contribution is 2.69. The van der Waals surface area contributed by atoms with Gasteiger partial charge >= 0.3 is 5.97 Å². The Balaban J connectivity index is 1.52. The standard InChI is InChI=1S/C38H44O8/c1-18(2)9-10-23-31-27(24-17-36(8,44-31)13-12-22(24)19(3)4)30(40)28-29(39)25-15-21-16-26-35(6,7)46-37(33(21)41,14-11-20(5)34(42)43)38(25,26)45-32(23)28/h9,11,15,21-22,24,26,40H,3,10,12-14,16-17H2,1-2,4-8H3,(H,42,43)/b20-11-/t21-,22-,24-,26+,36+,37+,38-/m1/s1. The van der Waals surface area contributed by atoms with Gasteiger partial charge in [-0.05, 0) is 86.5 Å². The van der Waals surface area contributed by atoms with Crippen LogP contribution in [0.4, 0.5) is 0 Å². The molecular formula is C38H44O8. The number of carboxylic acid groups (broad SMARTS) is 1. The van der Waals surface area contributed by atoms with Gasteiger partial charge in [-0.15, -0.1) is 0 Å². The van der Waals surface area contributed by atoms with Gasteiger partial charge in [0.05, 0.1) is 5.60 Å². The number of ketones is 2. The second kappa shape index (κ2) is 9.69. The van der Waals surface area contributed by atoms with Crippen molar-refractivity contribution in [1.29, 1.82) is 0 Å². The summed E-state index contributed by atoms with van der Waals surface area (Å²) in [5.41, 5.74) is -0.519. The summed E-state index contributed by atoms with van der Waals surface area (Å²) in [4.78, 5) is 41.1. The number of aliphatic carboxylic acids is 1. The number of fused-ring (bicyclic) bond motifs is 5. The molecule has 0 unspecified atom stereocenters. The van der Waals surface area contributed by atoms with E-state index in [9.17, 15) is 24.6 Å². The van der Waals surface area contributed by atoms with Gasteiger partial charge in [0.25, 0.3) is 0 Å². The summed E-state index contributed by atoms with van der Waals surface area (Å²) in [6.45, 7) is 17.7.